The maximum absolute atomic E-state index is 11.4. The first-order chi connectivity index (χ1) is 12.1. The van der Waals surface area contributed by atoms with Crippen molar-refractivity contribution < 1.29 is 35.8 Å². The average molecular weight is 402 g/mol. The third-order valence-corrected chi connectivity index (χ3v) is 5.44. The van der Waals surface area contributed by atoms with Gasteiger partial charge in [0.05, 0.1) is 23.0 Å². The Morgan fingerprint density at radius 3 is 2.04 bits per heavy atom. The second kappa shape index (κ2) is 8.25. The molecule has 0 aliphatic heterocycles. The highest BCUT2D eigenvalue weighted by atomic mass is 32.2. The molecule has 0 radical (unpaired) electrons. The van der Waals surface area contributed by atoms with E-state index in [1.165, 1.54) is 42.5 Å². The van der Waals surface area contributed by atoms with Crippen LogP contribution in [0.25, 0.3) is 0 Å². The molecule has 26 heavy (non-hydrogen) atoms. The van der Waals surface area contributed by atoms with Crippen molar-refractivity contribution in [3.05, 3.63) is 59.7 Å². The molecular formula is C16H18O8S2. The van der Waals surface area contributed by atoms with Gasteiger partial charge in [-0.15, -0.1) is 0 Å². The second-order valence-corrected chi connectivity index (χ2v) is 8.24. The molecule has 1 atom stereocenters. The number of aliphatic hydroxyl groups excluding tert-OH is 1. The van der Waals surface area contributed by atoms with Crippen molar-refractivity contribution in [2.45, 2.75) is 22.3 Å². The highest BCUT2D eigenvalue weighted by molar-refractivity contribution is 7.86. The predicted molar refractivity (Wildman–Crippen MR) is 92.0 cm³/mol. The van der Waals surface area contributed by atoms with E-state index in [0.29, 0.717) is 6.42 Å². The van der Waals surface area contributed by atoms with Gasteiger partial charge in [0.2, 0.25) is 0 Å². The fourth-order valence-corrected chi connectivity index (χ4v) is 3.60. The summed E-state index contributed by atoms with van der Waals surface area (Å²) >= 11 is 0. The first-order valence-corrected chi connectivity index (χ1v) is 10.4. The van der Waals surface area contributed by atoms with Gasteiger partial charge in [-0.05, 0) is 30.2 Å². The molecule has 0 aliphatic rings. The van der Waals surface area contributed by atoms with E-state index in [9.17, 15) is 26.5 Å². The van der Waals surface area contributed by atoms with Crippen LogP contribution in [-0.2, 0) is 31.4 Å². The van der Waals surface area contributed by atoms with E-state index in [4.69, 9.17) is 9.29 Å². The number of aliphatic hydroxyl groups is 1. The Hall–Kier alpha value is -1.82. The van der Waals surface area contributed by atoms with Gasteiger partial charge in [-0.25, -0.2) is 0 Å². The third-order valence-electron chi connectivity index (χ3n) is 3.64. The van der Waals surface area contributed by atoms with Crippen LogP contribution in [0.15, 0.2) is 58.3 Å². The van der Waals surface area contributed by atoms with E-state index >= 15 is 0 Å². The Balaban J connectivity index is 2.07. The minimum Gasteiger partial charge on any atom is -0.393 e. The van der Waals surface area contributed by atoms with E-state index in [1.807, 2.05) is 0 Å². The fraction of sp³-hybridized carbons (Fsp3) is 0.250. The standard InChI is InChI=1S/C16H18O8S2/c17-11-15(14-3-1-2-4-16(14)26(21,22)23)24-10-9-12-5-7-13(8-6-12)25(18,19)20/h1-8,15,17H,9-11H2,(H,18,19,20)(H,21,22,23). The van der Waals surface area contributed by atoms with Crippen LogP contribution >= 0.6 is 0 Å². The van der Waals surface area contributed by atoms with Crippen molar-refractivity contribution in [2.75, 3.05) is 13.2 Å². The van der Waals surface area contributed by atoms with Crippen LogP contribution < -0.4 is 0 Å². The molecule has 8 nitrogen and oxygen atoms in total. The summed E-state index contributed by atoms with van der Waals surface area (Å²) in [5.74, 6) is 0. The summed E-state index contributed by atoms with van der Waals surface area (Å²) in [7, 11) is -8.71. The van der Waals surface area contributed by atoms with Crippen LogP contribution in [-0.4, -0.2) is 44.3 Å². The Morgan fingerprint density at radius 1 is 0.885 bits per heavy atom. The normalized spacial score (nSPS) is 13.5. The zero-order valence-corrected chi connectivity index (χ0v) is 15.1. The molecule has 2 rings (SSSR count). The first-order valence-electron chi connectivity index (χ1n) is 7.48. The molecule has 2 aromatic carbocycles. The van der Waals surface area contributed by atoms with Crippen molar-refractivity contribution in [1.82, 2.24) is 0 Å². The summed E-state index contributed by atoms with van der Waals surface area (Å²) in [6.45, 7) is -0.384. The molecule has 1 unspecified atom stereocenters. The van der Waals surface area contributed by atoms with E-state index in [-0.39, 0.29) is 22.0 Å². The molecule has 0 aromatic heterocycles. The molecule has 0 saturated heterocycles. The number of benzene rings is 2. The summed E-state index contributed by atoms with van der Waals surface area (Å²) in [6, 6.07) is 11.2. The van der Waals surface area contributed by atoms with Gasteiger partial charge in [-0.1, -0.05) is 30.3 Å². The molecule has 0 saturated carbocycles. The van der Waals surface area contributed by atoms with Gasteiger partial charge in [0.25, 0.3) is 20.2 Å². The van der Waals surface area contributed by atoms with Crippen molar-refractivity contribution in [1.29, 1.82) is 0 Å². The van der Waals surface area contributed by atoms with Crippen LogP contribution in [0.5, 0.6) is 0 Å². The third kappa shape index (κ3) is 5.34. The maximum atomic E-state index is 11.4. The lowest BCUT2D eigenvalue weighted by Crippen LogP contribution is -2.15. The highest BCUT2D eigenvalue weighted by Crippen LogP contribution is 2.25. The van der Waals surface area contributed by atoms with Crippen LogP contribution in [0.2, 0.25) is 0 Å². The van der Waals surface area contributed by atoms with Crippen LogP contribution in [0, 0.1) is 0 Å². The van der Waals surface area contributed by atoms with Crippen molar-refractivity contribution in [3.8, 4) is 0 Å². The first kappa shape index (κ1) is 20.5. The Bertz CT molecular complexity index is 950. The second-order valence-electron chi connectivity index (χ2n) is 5.42. The SMILES string of the molecule is O=S(=O)(O)c1ccc(CCOC(CO)c2ccccc2S(=O)(=O)O)cc1. The molecule has 2 aromatic rings. The monoisotopic (exact) mass is 402 g/mol. The quantitative estimate of drug-likeness (QED) is 0.564. The van der Waals surface area contributed by atoms with Crippen LogP contribution in [0.1, 0.15) is 17.2 Å². The molecule has 10 heteroatoms. The van der Waals surface area contributed by atoms with Crippen molar-refractivity contribution in [3.63, 3.8) is 0 Å². The lowest BCUT2D eigenvalue weighted by Gasteiger charge is -2.18. The average Bonchev–Trinajstić information content (AvgIpc) is 2.58. The number of rotatable bonds is 8. The molecule has 0 fully saturated rings. The summed E-state index contributed by atoms with van der Waals surface area (Å²) < 4.78 is 68.6. The number of ether oxygens (including phenoxy) is 1. The van der Waals surface area contributed by atoms with Crippen molar-refractivity contribution >= 4 is 20.2 Å². The van der Waals surface area contributed by atoms with E-state index in [0.717, 1.165) is 5.56 Å². The van der Waals surface area contributed by atoms with E-state index in [1.54, 1.807) is 6.07 Å². The smallest absolute Gasteiger partial charge is 0.294 e. The largest absolute Gasteiger partial charge is 0.393 e. The van der Waals surface area contributed by atoms with Gasteiger partial charge in [-0.2, -0.15) is 16.8 Å². The molecule has 0 amide bonds. The highest BCUT2D eigenvalue weighted by Gasteiger charge is 2.21. The molecule has 0 bridgehead atoms. The van der Waals surface area contributed by atoms with Crippen LogP contribution in [0.3, 0.4) is 0 Å². The minimum absolute atomic E-state index is 0.107. The molecule has 3 N–H and O–H groups in total. The van der Waals surface area contributed by atoms with Gasteiger partial charge < -0.3 is 9.84 Å². The Morgan fingerprint density at radius 2 is 1.50 bits per heavy atom. The molecular weight excluding hydrogens is 384 g/mol. The summed E-state index contributed by atoms with van der Waals surface area (Å²) in [5.41, 5.74) is 0.858. The Labute approximate surface area is 151 Å². The summed E-state index contributed by atoms with van der Waals surface area (Å²) in [5, 5.41) is 9.50. The lowest BCUT2D eigenvalue weighted by molar-refractivity contribution is 0.0116. The van der Waals surface area contributed by atoms with Gasteiger partial charge in [0, 0.05) is 5.56 Å². The molecule has 142 valence electrons. The van der Waals surface area contributed by atoms with E-state index < -0.39 is 32.9 Å². The molecule has 0 spiro atoms. The van der Waals surface area contributed by atoms with Gasteiger partial charge >= 0.3 is 0 Å². The summed E-state index contributed by atoms with van der Waals surface area (Å²) in [4.78, 5) is -0.561. The maximum Gasteiger partial charge on any atom is 0.294 e. The van der Waals surface area contributed by atoms with Gasteiger partial charge in [0.15, 0.2) is 0 Å². The fourth-order valence-electron chi connectivity index (χ4n) is 2.37. The van der Waals surface area contributed by atoms with Gasteiger partial charge in [0.1, 0.15) is 6.10 Å². The Kier molecular flexibility index (Phi) is 6.50. The zero-order valence-electron chi connectivity index (χ0n) is 13.5. The lowest BCUT2D eigenvalue weighted by atomic mass is 10.1. The number of hydrogen-bond donors (Lipinski definition) is 3. The number of hydrogen-bond acceptors (Lipinski definition) is 6. The van der Waals surface area contributed by atoms with Gasteiger partial charge in [-0.3, -0.25) is 9.11 Å². The van der Waals surface area contributed by atoms with Crippen LogP contribution in [0.4, 0.5) is 0 Å². The molecule has 0 heterocycles. The minimum atomic E-state index is -4.46. The topological polar surface area (TPSA) is 138 Å². The molecule has 0 aliphatic carbocycles. The van der Waals surface area contributed by atoms with E-state index in [2.05, 4.69) is 0 Å². The summed E-state index contributed by atoms with van der Waals surface area (Å²) in [6.07, 6.45) is -0.596. The zero-order chi connectivity index (χ0) is 19.4. The van der Waals surface area contributed by atoms with Crippen molar-refractivity contribution in [2.24, 2.45) is 0 Å². The predicted octanol–water partition coefficient (Wildman–Crippen LogP) is 1.47.